The van der Waals surface area contributed by atoms with Crippen LogP contribution in [0.25, 0.3) is 47.8 Å². The Balaban J connectivity index is 0.000000170. The van der Waals surface area contributed by atoms with Crippen molar-refractivity contribution in [2.24, 2.45) is 23.7 Å². The van der Waals surface area contributed by atoms with Gasteiger partial charge >= 0.3 is 5.97 Å². The largest absolute Gasteiger partial charge is 0.478 e. The molecule has 0 aliphatic heterocycles. The zero-order chi connectivity index (χ0) is 57.7. The molecule has 4 saturated carbocycles. The van der Waals surface area contributed by atoms with Gasteiger partial charge in [0.25, 0.3) is 0 Å². The number of aliphatic hydroxyl groups is 2. The molecule has 8 atom stereocenters. The number of carboxylic acids is 1. The van der Waals surface area contributed by atoms with Crippen molar-refractivity contribution in [1.29, 1.82) is 0 Å². The van der Waals surface area contributed by atoms with Crippen LogP contribution in [0.5, 0.6) is 0 Å². The van der Waals surface area contributed by atoms with E-state index in [1.807, 2.05) is 0 Å². The zero-order valence-corrected chi connectivity index (χ0v) is 48.4. The van der Waals surface area contributed by atoms with Gasteiger partial charge in [-0.3, -0.25) is 0 Å². The number of aromatic carboxylic acids is 1. The molecule has 4 unspecified atom stereocenters. The highest BCUT2D eigenvalue weighted by atomic mass is 35.5. The lowest BCUT2D eigenvalue weighted by molar-refractivity contribution is -0.116. The molecular formula is C58H51Cl4F4N5O8S2. The number of hydrogen-bond donors (Lipinski definition) is 3. The molecule has 0 radical (unpaired) electrons. The number of aromatic nitrogens is 4. The number of thiazole rings is 2. The maximum absolute atomic E-state index is 15.1. The van der Waals surface area contributed by atoms with Crippen LogP contribution < -0.4 is 0 Å². The Morgan fingerprint density at radius 2 is 1.06 bits per heavy atom. The van der Waals surface area contributed by atoms with Gasteiger partial charge in [-0.25, -0.2) is 37.2 Å². The summed E-state index contributed by atoms with van der Waals surface area (Å²) in [5.41, 5.74) is -3.49. The summed E-state index contributed by atoms with van der Waals surface area (Å²) in [4.78, 5) is 23.6. The molecule has 4 aliphatic carbocycles. The number of carbonyl (C=O) groups is 1. The number of halogens is 8. The van der Waals surface area contributed by atoms with E-state index in [2.05, 4.69) is 25.1 Å². The van der Waals surface area contributed by atoms with Gasteiger partial charge in [-0.05, 0) is 151 Å². The third-order valence-corrected chi connectivity index (χ3v) is 19.9. The lowest BCUT2D eigenvalue weighted by Crippen LogP contribution is -2.44. The minimum Gasteiger partial charge on any atom is -0.478 e. The van der Waals surface area contributed by atoms with Crippen LogP contribution in [-0.4, -0.2) is 53.8 Å². The number of ether oxygens (including phenoxy) is 2. The van der Waals surface area contributed by atoms with Gasteiger partial charge in [-0.1, -0.05) is 68.8 Å². The van der Waals surface area contributed by atoms with Gasteiger partial charge < -0.3 is 33.8 Å². The molecule has 4 heterocycles. The van der Waals surface area contributed by atoms with Crippen molar-refractivity contribution in [3.8, 4) is 22.5 Å². The molecule has 0 spiro atoms. The molecule has 4 bridgehead atoms. The lowest BCUT2D eigenvalue weighted by atomic mass is 9.73. The first-order chi connectivity index (χ1) is 38.4. The molecule has 81 heavy (non-hydrogen) atoms. The number of alkyl halides is 2. The van der Waals surface area contributed by atoms with Crippen LogP contribution in [0.1, 0.15) is 122 Å². The Hall–Kier alpha value is -5.24. The number of hydrogen-bond acceptors (Lipinski definition) is 13. The molecule has 4 aliphatic rings. The van der Waals surface area contributed by atoms with Crippen LogP contribution in [0.3, 0.4) is 0 Å². The quantitative estimate of drug-likeness (QED) is 0.0736. The van der Waals surface area contributed by atoms with Crippen LogP contribution in [-0.2, 0) is 45.2 Å². The Morgan fingerprint density at radius 1 is 0.679 bits per heavy atom. The second-order valence-corrected chi connectivity index (χ2v) is 25.9. The van der Waals surface area contributed by atoms with Gasteiger partial charge in [-0.15, -0.1) is 22.7 Å². The van der Waals surface area contributed by atoms with E-state index in [4.69, 9.17) is 71.5 Å². The topological polar surface area (TPSA) is 178 Å². The Kier molecular flexibility index (Phi) is 15.5. The molecule has 4 fully saturated rings. The molecule has 23 heteroatoms. The second kappa shape index (κ2) is 21.7. The molecule has 8 aromatic rings. The molecule has 13 nitrogen and oxygen atoms in total. The highest BCUT2D eigenvalue weighted by Gasteiger charge is 2.58. The van der Waals surface area contributed by atoms with Gasteiger partial charge in [0.1, 0.15) is 49.5 Å². The molecule has 4 aromatic heterocycles. The molecule has 0 amide bonds. The summed E-state index contributed by atoms with van der Waals surface area (Å²) in [5.74, 6) is -3.14. The summed E-state index contributed by atoms with van der Waals surface area (Å²) >= 11 is 28.1. The third-order valence-electron chi connectivity index (χ3n) is 16.3. The number of benzene rings is 4. The fourth-order valence-corrected chi connectivity index (χ4v) is 16.2. The van der Waals surface area contributed by atoms with Crippen LogP contribution >= 0.6 is 69.1 Å². The Bertz CT molecular complexity index is 3740. The number of rotatable bonds is 13. The fraction of sp³-hybridized carbons (Fsp3) is 0.414. The minimum absolute atomic E-state index is 0.00405. The van der Waals surface area contributed by atoms with Gasteiger partial charge in [0.15, 0.2) is 34.4 Å². The predicted molar refractivity (Wildman–Crippen MR) is 300 cm³/mol. The summed E-state index contributed by atoms with van der Waals surface area (Å²) in [5, 5.41) is 43.7. The van der Waals surface area contributed by atoms with Crippen LogP contribution in [0.2, 0.25) is 20.1 Å². The summed E-state index contributed by atoms with van der Waals surface area (Å²) < 4.78 is 84.0. The van der Waals surface area contributed by atoms with Gasteiger partial charge in [-0.2, -0.15) is 0 Å². The van der Waals surface area contributed by atoms with Crippen molar-refractivity contribution < 1.29 is 56.2 Å². The molecule has 3 N–H and O–H groups in total. The van der Waals surface area contributed by atoms with E-state index in [1.54, 1.807) is 42.5 Å². The van der Waals surface area contributed by atoms with Crippen LogP contribution in [0.15, 0.2) is 69.7 Å². The first-order valence-corrected chi connectivity index (χ1v) is 29.3. The van der Waals surface area contributed by atoms with E-state index in [9.17, 15) is 28.9 Å². The normalized spacial score (nSPS) is 24.4. The molecule has 4 aromatic carbocycles. The SMILES string of the molecule is CC(C)(F)c1onc(-c2c(Cl)cccc2Cl)c1COC1C[C@H]2CC[C@@H](C1)C2(O)c1nc2c(F)cc(C(=O)O)cc2s1.[C-]#[N+]c1cc(F)c2nc(C3(O)[C@@H]4CC[C@H]3CC(OCc3c(-c5c(Cl)cccc5Cl)noc3C(C)(C)F)C4)sc2c1. The summed E-state index contributed by atoms with van der Waals surface area (Å²) in [6.45, 7) is 12.7. The van der Waals surface area contributed by atoms with Crippen molar-refractivity contribution in [3.05, 3.63) is 142 Å². The van der Waals surface area contributed by atoms with Crippen molar-refractivity contribution in [2.75, 3.05) is 0 Å². The molecule has 0 saturated heterocycles. The first kappa shape index (κ1) is 57.6. The van der Waals surface area contributed by atoms with Gasteiger partial charge in [0, 0.05) is 15.8 Å². The van der Waals surface area contributed by atoms with Crippen molar-refractivity contribution in [1.82, 2.24) is 20.3 Å². The number of carboxylic acid groups (broad SMARTS) is 1. The first-order valence-electron chi connectivity index (χ1n) is 26.1. The fourth-order valence-electron chi connectivity index (χ4n) is 12.5. The van der Waals surface area contributed by atoms with Crippen molar-refractivity contribution in [2.45, 2.75) is 127 Å². The predicted octanol–water partition coefficient (Wildman–Crippen LogP) is 16.6. The minimum atomic E-state index is -1.84. The van der Waals surface area contributed by atoms with E-state index >= 15 is 8.78 Å². The summed E-state index contributed by atoms with van der Waals surface area (Å²) in [6.07, 6.45) is 4.69. The maximum Gasteiger partial charge on any atom is 0.335 e. The monoisotopic (exact) mass is 1230 g/mol. The Labute approximate surface area is 489 Å². The van der Waals surface area contributed by atoms with Crippen molar-refractivity contribution in [3.63, 3.8) is 0 Å². The van der Waals surface area contributed by atoms with Crippen LogP contribution in [0, 0.1) is 41.9 Å². The standard InChI is InChI=1S/C29H25Cl2F2N3O3S.C29H26Cl2F2N2O5S/c1-28(2,33)26-18(24(36-39-26)23-19(30)5-4-6-20(23)31)13-38-17-9-14-7-8-15(10-17)29(14,37)27-35-25-21(32)11-16(34-3)12-22(25)40-27;1-28(2,33)25-17(23(35-40-25)22-18(30)4-3-5-19(22)31)12-39-16-10-14-6-7-15(11-16)29(14,38)27-34-24-20(32)8-13(26(36)37)9-21(24)41-27/h4-6,11-12,14-15,17,37H,7-10,13H2,1-2H3;3-5,8-9,14-16,38H,6-7,10-12H2,1-2H3,(H,36,37)/t14-,15+,17?,29?;14-,15+,16?,29?. The van der Waals surface area contributed by atoms with Gasteiger partial charge in [0.2, 0.25) is 0 Å². The molecule has 424 valence electrons. The highest BCUT2D eigenvalue weighted by molar-refractivity contribution is 7.19. The summed E-state index contributed by atoms with van der Waals surface area (Å²) in [6, 6.07) is 15.2. The van der Waals surface area contributed by atoms with E-state index in [0.717, 1.165) is 43.1 Å². The average Bonchev–Trinajstić information content (AvgIpc) is 3.89. The van der Waals surface area contributed by atoms with E-state index < -0.39 is 40.1 Å². The van der Waals surface area contributed by atoms with Crippen molar-refractivity contribution >= 4 is 101 Å². The smallest absolute Gasteiger partial charge is 0.335 e. The maximum atomic E-state index is 15.1. The third kappa shape index (κ3) is 10.4. The van der Waals surface area contributed by atoms with Gasteiger partial charge in [0.05, 0.1) is 73.5 Å². The Morgan fingerprint density at radius 3 is 1.43 bits per heavy atom. The zero-order valence-electron chi connectivity index (χ0n) is 43.8. The summed E-state index contributed by atoms with van der Waals surface area (Å²) in [7, 11) is 0. The lowest BCUT2D eigenvalue weighted by Gasteiger charge is -2.41. The molecule has 12 rings (SSSR count). The van der Waals surface area contributed by atoms with E-state index in [-0.39, 0.29) is 82.9 Å². The van der Waals surface area contributed by atoms with E-state index in [0.29, 0.717) is 98.8 Å². The van der Waals surface area contributed by atoms with Crippen LogP contribution in [0.4, 0.5) is 23.2 Å². The second-order valence-electron chi connectivity index (χ2n) is 22.3. The highest BCUT2D eigenvalue weighted by Crippen LogP contribution is 2.59. The van der Waals surface area contributed by atoms with E-state index in [1.165, 1.54) is 51.2 Å². The number of nitrogens with zero attached hydrogens (tertiary/aromatic N) is 5. The average molecular weight is 1230 g/mol. The number of fused-ring (bicyclic) bond motifs is 6. The molecular weight excluding hydrogens is 1180 g/mol.